The van der Waals surface area contributed by atoms with Crippen LogP contribution in [0.1, 0.15) is 0 Å². The van der Waals surface area contributed by atoms with E-state index in [0.29, 0.717) is 0 Å². The Morgan fingerprint density at radius 3 is 1.62 bits per heavy atom. The van der Waals surface area contributed by atoms with E-state index in [1.54, 1.807) is 0 Å². The van der Waals surface area contributed by atoms with E-state index in [1.165, 1.54) is 0 Å². The Morgan fingerprint density at radius 1 is 1.62 bits per heavy atom. The van der Waals surface area contributed by atoms with Crippen LogP contribution in [-0.4, -0.2) is 13.3 Å². The molecule has 0 saturated carbocycles. The molecular formula is HIKNaO3S2. The molecule has 0 aromatic rings. The summed E-state index contributed by atoms with van der Waals surface area (Å²) in [5, 5.41) is 0. The molecule has 0 heterocycles. The molecule has 0 fully saturated rings. The number of rotatable bonds is 0. The molecule has 1 unspecified atom stereocenters. The maximum atomic E-state index is 9.00. The molecule has 0 aliphatic rings. The van der Waals surface area contributed by atoms with E-state index in [-0.39, 0.29) is 105 Å². The van der Waals surface area contributed by atoms with Gasteiger partial charge in [-0.05, 0) is 11.2 Å². The number of hydrogen-bond acceptors (Lipinski definition) is 3. The second-order valence-corrected chi connectivity index (χ2v) is 2.55. The van der Waals surface area contributed by atoms with E-state index in [2.05, 4.69) is 11.2 Å². The average Bonchev–Trinajstić information content (AvgIpc) is 0.722. The predicted octanol–water partition coefficient (Wildman–Crippen LogP) is -9.65. The number of halogens is 1. The summed E-state index contributed by atoms with van der Waals surface area (Å²) in [6.45, 7) is 0. The largest absolute Gasteiger partial charge is 1.00 e. The molecule has 0 bridgehead atoms. The van der Waals surface area contributed by atoms with Crippen molar-refractivity contribution in [2.75, 3.05) is 0 Å². The van der Waals surface area contributed by atoms with Gasteiger partial charge in [0.2, 0.25) is 0 Å². The quantitative estimate of drug-likeness (QED) is 0.357. The molecule has 0 aliphatic heterocycles. The molecule has 0 aromatic carbocycles. The molecule has 0 spiro atoms. The molecule has 0 saturated heterocycles. The van der Waals surface area contributed by atoms with Crippen LogP contribution in [0.25, 0.3) is 0 Å². The smallest absolute Gasteiger partial charge is 1.00 e. The molecule has 8 heteroatoms. The van der Waals surface area contributed by atoms with Crippen molar-refractivity contribution < 1.29 is 118 Å². The molecule has 0 aliphatic carbocycles. The van der Waals surface area contributed by atoms with Gasteiger partial charge in [0.25, 0.3) is 0 Å². The maximum absolute atomic E-state index is 9.00. The summed E-state index contributed by atoms with van der Waals surface area (Å²) in [6, 6.07) is 0. The Hall–Kier alpha value is 3.66. The Labute approximate surface area is 135 Å². The molecule has 0 radical (unpaired) electrons. The van der Waals surface area contributed by atoms with Crippen LogP contribution in [-0.2, 0) is 20.2 Å². The van der Waals surface area contributed by atoms with Crippen molar-refractivity contribution in [2.45, 2.75) is 0 Å². The topological polar surface area (TPSA) is 60.4 Å². The van der Waals surface area contributed by atoms with Crippen molar-refractivity contribution in [2.24, 2.45) is 0 Å². The zero-order chi connectivity index (χ0) is 4.50. The van der Waals surface area contributed by atoms with Crippen LogP contribution >= 0.6 is 0 Å². The first kappa shape index (κ1) is 22.6. The third kappa shape index (κ3) is 54.1. The van der Waals surface area contributed by atoms with Gasteiger partial charge in [-0.3, -0.25) is 0 Å². The SMILES string of the molecule is O=S([O-])(O)=S.[I-].[K+].[Na+]. The second kappa shape index (κ2) is 10.7. The van der Waals surface area contributed by atoms with Crippen molar-refractivity contribution in [1.29, 1.82) is 0 Å². The summed E-state index contributed by atoms with van der Waals surface area (Å²) in [6.07, 6.45) is 0. The minimum absolute atomic E-state index is 0. The first-order chi connectivity index (χ1) is 2.00. The predicted molar refractivity (Wildman–Crippen MR) is 18.9 cm³/mol. The summed E-state index contributed by atoms with van der Waals surface area (Å²) in [5.41, 5.74) is 0. The Bertz CT molecular complexity index is 100. The van der Waals surface area contributed by atoms with Crippen molar-refractivity contribution in [3.63, 3.8) is 0 Å². The molecule has 0 rings (SSSR count). The van der Waals surface area contributed by atoms with Crippen molar-refractivity contribution in [3.05, 3.63) is 0 Å². The van der Waals surface area contributed by atoms with Crippen LogP contribution in [0.5, 0.6) is 0 Å². The first-order valence-corrected chi connectivity index (χ1v) is 3.05. The first-order valence-electron chi connectivity index (χ1n) is 0.683. The normalized spacial score (nSPS) is 13.2. The van der Waals surface area contributed by atoms with Gasteiger partial charge in [0.05, 0.1) is 9.05 Å². The second-order valence-electron chi connectivity index (χ2n) is 0.428. The van der Waals surface area contributed by atoms with Gasteiger partial charge >= 0.3 is 80.9 Å². The van der Waals surface area contributed by atoms with Crippen molar-refractivity contribution in [3.8, 4) is 0 Å². The zero-order valence-corrected chi connectivity index (χ0v) is 13.4. The van der Waals surface area contributed by atoms with Gasteiger partial charge in [-0.25, -0.2) is 4.21 Å². The van der Waals surface area contributed by atoms with E-state index in [9.17, 15) is 0 Å². The summed E-state index contributed by atoms with van der Waals surface area (Å²) in [4.78, 5) is 0. The monoisotopic (exact) mass is 302 g/mol. The molecule has 1 atom stereocenters. The average molecular weight is 302 g/mol. The van der Waals surface area contributed by atoms with Gasteiger partial charge in [0, 0.05) is 0 Å². The summed E-state index contributed by atoms with van der Waals surface area (Å²) < 4.78 is 25.3. The molecule has 8 heavy (non-hydrogen) atoms. The minimum atomic E-state index is -4.08. The van der Waals surface area contributed by atoms with Crippen LogP contribution in [0.2, 0.25) is 0 Å². The molecule has 1 N–H and O–H groups in total. The van der Waals surface area contributed by atoms with Crippen LogP contribution < -0.4 is 105 Å². The van der Waals surface area contributed by atoms with E-state index < -0.39 is 9.05 Å². The summed E-state index contributed by atoms with van der Waals surface area (Å²) in [7, 11) is -4.08. The van der Waals surface area contributed by atoms with Crippen LogP contribution in [0.4, 0.5) is 0 Å². The van der Waals surface area contributed by atoms with Gasteiger partial charge < -0.3 is 33.1 Å². The van der Waals surface area contributed by atoms with E-state index in [0.717, 1.165) is 0 Å². The van der Waals surface area contributed by atoms with Crippen LogP contribution in [0.15, 0.2) is 0 Å². The molecule has 40 valence electrons. The minimum Gasteiger partial charge on any atom is -1.00 e. The van der Waals surface area contributed by atoms with Gasteiger partial charge in [0.15, 0.2) is 0 Å². The van der Waals surface area contributed by atoms with E-state index >= 15 is 0 Å². The van der Waals surface area contributed by atoms with Crippen LogP contribution in [0.3, 0.4) is 0 Å². The number of hydrogen-bond donors (Lipinski definition) is 1. The molecule has 3 nitrogen and oxygen atoms in total. The van der Waals surface area contributed by atoms with Gasteiger partial charge in [0.1, 0.15) is 0 Å². The van der Waals surface area contributed by atoms with Crippen LogP contribution in [0, 0.1) is 0 Å². The fourth-order valence-electron chi connectivity index (χ4n) is 0. The standard InChI is InChI=1S/HI.K.Na.H2O3S2/c;;;1-5(2,3)4/h1H;;;(H2,1,2,3,4)/q;2*+1;/p-2. The van der Waals surface area contributed by atoms with E-state index in [4.69, 9.17) is 13.3 Å². The summed E-state index contributed by atoms with van der Waals surface area (Å²) >= 11 is 3.35. The van der Waals surface area contributed by atoms with Gasteiger partial charge in [-0.2, -0.15) is 0 Å². The fraction of sp³-hybridized carbons (Fsp3) is 0. The Morgan fingerprint density at radius 2 is 1.62 bits per heavy atom. The summed E-state index contributed by atoms with van der Waals surface area (Å²) in [5.74, 6) is 0. The van der Waals surface area contributed by atoms with Gasteiger partial charge in [-0.15, -0.1) is 0 Å². The maximum Gasteiger partial charge on any atom is 1.00 e. The van der Waals surface area contributed by atoms with E-state index in [1.807, 2.05) is 0 Å². The molecular weight excluding hydrogens is 301 g/mol. The Balaban J connectivity index is -0.0000000267. The zero-order valence-electron chi connectivity index (χ0n) is 4.46. The third-order valence-electron chi connectivity index (χ3n) is 0. The van der Waals surface area contributed by atoms with Gasteiger partial charge in [-0.1, -0.05) is 0 Å². The fourth-order valence-corrected chi connectivity index (χ4v) is 0. The Kier molecular flexibility index (Phi) is 30.1. The van der Waals surface area contributed by atoms with Crippen molar-refractivity contribution in [1.82, 2.24) is 0 Å². The molecule has 0 aromatic heterocycles. The third-order valence-corrected chi connectivity index (χ3v) is 0. The molecule has 0 amide bonds. The van der Waals surface area contributed by atoms with Crippen molar-refractivity contribution >= 4 is 20.2 Å².